The van der Waals surface area contributed by atoms with Crippen molar-refractivity contribution in [2.24, 2.45) is 5.73 Å². The Kier molecular flexibility index (Phi) is 3.19. The normalized spacial score (nSPS) is 16.6. The number of halogens is 1. The number of benzene rings is 1. The van der Waals surface area contributed by atoms with Gasteiger partial charge in [0.2, 0.25) is 5.91 Å². The van der Waals surface area contributed by atoms with E-state index >= 15 is 0 Å². The number of anilines is 1. The third-order valence-corrected chi connectivity index (χ3v) is 2.86. The number of rotatable bonds is 2. The molecule has 0 saturated carbocycles. The fourth-order valence-electron chi connectivity index (χ4n) is 1.96. The van der Waals surface area contributed by atoms with Crippen molar-refractivity contribution in [1.29, 1.82) is 0 Å². The van der Waals surface area contributed by atoms with Crippen LogP contribution in [0.25, 0.3) is 0 Å². The highest BCUT2D eigenvalue weighted by molar-refractivity contribution is 5.94. The van der Waals surface area contributed by atoms with E-state index in [0.717, 1.165) is 18.4 Å². The van der Waals surface area contributed by atoms with Gasteiger partial charge in [0, 0.05) is 19.5 Å². The second-order valence-corrected chi connectivity index (χ2v) is 3.99. The summed E-state index contributed by atoms with van der Waals surface area (Å²) in [5, 5.41) is 0. The van der Waals surface area contributed by atoms with Gasteiger partial charge in [0.05, 0.1) is 5.69 Å². The summed E-state index contributed by atoms with van der Waals surface area (Å²) in [4.78, 5) is 13.2. The molecule has 2 rings (SSSR count). The molecule has 4 heteroatoms. The Bertz CT molecular complexity index is 406. The number of carbonyl (C=O) groups excluding carboxylic acids is 1. The molecule has 0 aliphatic carbocycles. The van der Waals surface area contributed by atoms with Crippen molar-refractivity contribution in [2.75, 3.05) is 11.4 Å². The number of hydrogen-bond acceptors (Lipinski definition) is 2. The van der Waals surface area contributed by atoms with E-state index in [1.165, 1.54) is 11.0 Å². The summed E-state index contributed by atoms with van der Waals surface area (Å²) in [6, 6.07) is 4.80. The monoisotopic (exact) mass is 222 g/mol. The molecular formula is C12H15FN2O. The summed E-state index contributed by atoms with van der Waals surface area (Å²) in [7, 11) is 0. The van der Waals surface area contributed by atoms with Crippen LogP contribution in [-0.2, 0) is 11.3 Å². The van der Waals surface area contributed by atoms with Crippen molar-refractivity contribution in [3.05, 3.63) is 29.6 Å². The van der Waals surface area contributed by atoms with E-state index in [1.807, 2.05) is 0 Å². The van der Waals surface area contributed by atoms with E-state index in [1.54, 1.807) is 12.1 Å². The zero-order valence-corrected chi connectivity index (χ0v) is 9.08. The molecule has 0 aromatic heterocycles. The largest absolute Gasteiger partial charge is 0.326 e. The maximum atomic E-state index is 13.7. The Morgan fingerprint density at radius 3 is 2.81 bits per heavy atom. The summed E-state index contributed by atoms with van der Waals surface area (Å²) in [5.74, 6) is -0.358. The molecule has 1 fully saturated rings. The highest BCUT2D eigenvalue weighted by atomic mass is 19.1. The highest BCUT2D eigenvalue weighted by Gasteiger charge is 2.21. The minimum absolute atomic E-state index is 0.00523. The summed E-state index contributed by atoms with van der Waals surface area (Å²) >= 11 is 0. The lowest BCUT2D eigenvalue weighted by Gasteiger charge is -2.27. The molecule has 1 saturated heterocycles. The van der Waals surface area contributed by atoms with Crippen LogP contribution in [0.2, 0.25) is 0 Å². The molecule has 1 aromatic rings. The van der Waals surface area contributed by atoms with Crippen LogP contribution < -0.4 is 10.6 Å². The molecule has 1 aliphatic heterocycles. The minimum atomic E-state index is -0.363. The molecule has 0 spiro atoms. The smallest absolute Gasteiger partial charge is 0.227 e. The molecule has 0 radical (unpaired) electrons. The van der Waals surface area contributed by atoms with Crippen molar-refractivity contribution >= 4 is 11.6 Å². The summed E-state index contributed by atoms with van der Waals surface area (Å²) < 4.78 is 13.7. The van der Waals surface area contributed by atoms with Crippen LogP contribution in [0.5, 0.6) is 0 Å². The second-order valence-electron chi connectivity index (χ2n) is 3.99. The zero-order chi connectivity index (χ0) is 11.5. The Morgan fingerprint density at radius 2 is 2.19 bits per heavy atom. The number of nitrogens with two attached hydrogens (primary N) is 1. The molecule has 1 amide bonds. The topological polar surface area (TPSA) is 46.3 Å². The number of hydrogen-bond donors (Lipinski definition) is 1. The van der Waals surface area contributed by atoms with Gasteiger partial charge in [-0.05, 0) is 30.5 Å². The van der Waals surface area contributed by atoms with Crippen LogP contribution >= 0.6 is 0 Å². The van der Waals surface area contributed by atoms with E-state index in [9.17, 15) is 9.18 Å². The maximum absolute atomic E-state index is 13.7. The molecule has 1 aromatic carbocycles. The van der Waals surface area contributed by atoms with Crippen molar-refractivity contribution < 1.29 is 9.18 Å². The molecule has 1 aliphatic rings. The Labute approximate surface area is 94.0 Å². The summed E-state index contributed by atoms with van der Waals surface area (Å²) in [5.41, 5.74) is 6.55. The molecule has 3 nitrogen and oxygen atoms in total. The standard InChI is InChI=1S/C12H15FN2O/c13-10-7-9(8-14)4-5-11(10)15-6-2-1-3-12(15)16/h4-5,7H,1-3,6,8,14H2. The van der Waals surface area contributed by atoms with E-state index in [2.05, 4.69) is 0 Å². The number of piperidine rings is 1. The van der Waals surface area contributed by atoms with Crippen LogP contribution in [-0.4, -0.2) is 12.5 Å². The van der Waals surface area contributed by atoms with Gasteiger partial charge >= 0.3 is 0 Å². The number of nitrogens with zero attached hydrogens (tertiary/aromatic N) is 1. The lowest BCUT2D eigenvalue weighted by atomic mass is 10.1. The lowest BCUT2D eigenvalue weighted by Crippen LogP contribution is -2.35. The maximum Gasteiger partial charge on any atom is 0.227 e. The highest BCUT2D eigenvalue weighted by Crippen LogP contribution is 2.24. The molecule has 86 valence electrons. The van der Waals surface area contributed by atoms with Crippen molar-refractivity contribution in [3.63, 3.8) is 0 Å². The van der Waals surface area contributed by atoms with Gasteiger partial charge in [-0.15, -0.1) is 0 Å². The van der Waals surface area contributed by atoms with Crippen molar-refractivity contribution in [3.8, 4) is 0 Å². The van der Waals surface area contributed by atoms with Gasteiger partial charge in [0.25, 0.3) is 0 Å². The van der Waals surface area contributed by atoms with E-state index in [0.29, 0.717) is 25.2 Å². The van der Waals surface area contributed by atoms with Gasteiger partial charge in [-0.25, -0.2) is 4.39 Å². The number of amides is 1. The Hall–Kier alpha value is -1.42. The summed E-state index contributed by atoms with van der Waals surface area (Å²) in [6.45, 7) is 0.920. The predicted molar refractivity (Wildman–Crippen MR) is 60.5 cm³/mol. The van der Waals surface area contributed by atoms with Crippen molar-refractivity contribution in [2.45, 2.75) is 25.8 Å². The van der Waals surface area contributed by atoms with Crippen LogP contribution in [0.15, 0.2) is 18.2 Å². The van der Waals surface area contributed by atoms with Gasteiger partial charge in [-0.1, -0.05) is 6.07 Å². The van der Waals surface area contributed by atoms with E-state index in [-0.39, 0.29) is 11.7 Å². The predicted octanol–water partition coefficient (Wildman–Crippen LogP) is 1.80. The molecule has 0 bridgehead atoms. The van der Waals surface area contributed by atoms with E-state index in [4.69, 9.17) is 5.73 Å². The minimum Gasteiger partial charge on any atom is -0.326 e. The first-order valence-corrected chi connectivity index (χ1v) is 5.51. The van der Waals surface area contributed by atoms with Crippen LogP contribution in [0, 0.1) is 5.82 Å². The SMILES string of the molecule is NCc1ccc(N2CCCCC2=O)c(F)c1. The zero-order valence-electron chi connectivity index (χ0n) is 9.08. The molecule has 1 heterocycles. The fraction of sp³-hybridized carbons (Fsp3) is 0.417. The van der Waals surface area contributed by atoms with Gasteiger partial charge < -0.3 is 10.6 Å². The average Bonchev–Trinajstić information content (AvgIpc) is 2.30. The average molecular weight is 222 g/mol. The quantitative estimate of drug-likeness (QED) is 0.829. The molecule has 0 atom stereocenters. The van der Waals surface area contributed by atoms with Crippen molar-refractivity contribution in [1.82, 2.24) is 0 Å². The van der Waals surface area contributed by atoms with Gasteiger partial charge in [-0.2, -0.15) is 0 Å². The first-order chi connectivity index (χ1) is 7.72. The molecule has 2 N–H and O–H groups in total. The van der Waals surface area contributed by atoms with Gasteiger partial charge in [-0.3, -0.25) is 4.79 Å². The third-order valence-electron chi connectivity index (χ3n) is 2.86. The second kappa shape index (κ2) is 4.61. The van der Waals surface area contributed by atoms with E-state index < -0.39 is 0 Å². The molecule has 0 unspecified atom stereocenters. The van der Waals surface area contributed by atoms with Gasteiger partial charge in [0.15, 0.2) is 0 Å². The third kappa shape index (κ3) is 2.07. The Balaban J connectivity index is 2.28. The van der Waals surface area contributed by atoms with Crippen LogP contribution in [0.4, 0.5) is 10.1 Å². The fourth-order valence-corrected chi connectivity index (χ4v) is 1.96. The lowest BCUT2D eigenvalue weighted by molar-refractivity contribution is -0.119. The van der Waals surface area contributed by atoms with Crippen LogP contribution in [0.1, 0.15) is 24.8 Å². The molecule has 16 heavy (non-hydrogen) atoms. The summed E-state index contributed by atoms with van der Waals surface area (Å²) in [6.07, 6.45) is 2.35. The van der Waals surface area contributed by atoms with Crippen LogP contribution in [0.3, 0.4) is 0 Å². The number of carbonyl (C=O) groups is 1. The molecular weight excluding hydrogens is 207 g/mol. The first-order valence-electron chi connectivity index (χ1n) is 5.51. The first kappa shape index (κ1) is 11.1. The Morgan fingerprint density at radius 1 is 1.38 bits per heavy atom. The van der Waals surface area contributed by atoms with Gasteiger partial charge in [0.1, 0.15) is 5.82 Å².